The molecule has 0 unspecified atom stereocenters. The van der Waals surface area contributed by atoms with E-state index in [1.165, 1.54) is 6.07 Å². The summed E-state index contributed by atoms with van der Waals surface area (Å²) in [6.45, 7) is 1.66. The molecule has 1 aliphatic rings. The summed E-state index contributed by atoms with van der Waals surface area (Å²) in [7, 11) is -3.78. The standard InChI is InChI=1S/C14H18N2O3S/c1-10-7-8-12(9-13(10)20(15,18)19)16-14(17)11-5-3-2-4-6-11/h2-3,7-9,11H,4-6H2,1H3,(H,16,17)(H2,15,18,19)/t11-/m1/s1. The van der Waals surface area contributed by atoms with Crippen LogP contribution in [0.1, 0.15) is 24.8 Å². The predicted molar refractivity (Wildman–Crippen MR) is 77.7 cm³/mol. The van der Waals surface area contributed by atoms with Gasteiger partial charge in [0.15, 0.2) is 0 Å². The number of anilines is 1. The molecule has 108 valence electrons. The van der Waals surface area contributed by atoms with Crippen LogP contribution < -0.4 is 10.5 Å². The lowest BCUT2D eigenvalue weighted by Gasteiger charge is -2.17. The Morgan fingerprint density at radius 2 is 2.10 bits per heavy atom. The van der Waals surface area contributed by atoms with E-state index in [-0.39, 0.29) is 16.7 Å². The number of hydrogen-bond donors (Lipinski definition) is 2. The van der Waals surface area contributed by atoms with Gasteiger partial charge < -0.3 is 5.32 Å². The highest BCUT2D eigenvalue weighted by molar-refractivity contribution is 7.89. The number of nitrogens with two attached hydrogens (primary N) is 1. The van der Waals surface area contributed by atoms with Crippen molar-refractivity contribution in [1.82, 2.24) is 0 Å². The van der Waals surface area contributed by atoms with Crippen LogP contribution in [0.4, 0.5) is 5.69 Å². The van der Waals surface area contributed by atoms with Crippen molar-refractivity contribution in [2.24, 2.45) is 11.1 Å². The molecule has 5 nitrogen and oxygen atoms in total. The number of primary sulfonamides is 1. The lowest BCUT2D eigenvalue weighted by molar-refractivity contribution is -0.120. The number of allylic oxidation sites excluding steroid dienone is 2. The Kier molecular flexibility index (Phi) is 4.25. The molecule has 0 saturated carbocycles. The van der Waals surface area contributed by atoms with Crippen LogP contribution in [-0.2, 0) is 14.8 Å². The summed E-state index contributed by atoms with van der Waals surface area (Å²) in [6.07, 6.45) is 6.50. The Morgan fingerprint density at radius 1 is 1.35 bits per heavy atom. The van der Waals surface area contributed by atoms with Crippen LogP contribution in [0.5, 0.6) is 0 Å². The van der Waals surface area contributed by atoms with Gasteiger partial charge in [-0.25, -0.2) is 13.6 Å². The minimum absolute atomic E-state index is 0.0406. The fraction of sp³-hybridized carbons (Fsp3) is 0.357. The summed E-state index contributed by atoms with van der Waals surface area (Å²) >= 11 is 0. The van der Waals surface area contributed by atoms with Gasteiger partial charge in [0.25, 0.3) is 0 Å². The van der Waals surface area contributed by atoms with Crippen LogP contribution in [0.3, 0.4) is 0 Å². The molecule has 0 radical (unpaired) electrons. The van der Waals surface area contributed by atoms with E-state index in [1.54, 1.807) is 19.1 Å². The molecular weight excluding hydrogens is 276 g/mol. The molecule has 2 rings (SSSR count). The molecule has 0 aliphatic heterocycles. The van der Waals surface area contributed by atoms with Gasteiger partial charge in [0.2, 0.25) is 15.9 Å². The van der Waals surface area contributed by atoms with E-state index < -0.39 is 10.0 Å². The second kappa shape index (κ2) is 5.76. The zero-order valence-electron chi connectivity index (χ0n) is 11.3. The van der Waals surface area contributed by atoms with Crippen LogP contribution >= 0.6 is 0 Å². The first-order valence-corrected chi connectivity index (χ1v) is 8.02. The van der Waals surface area contributed by atoms with E-state index in [0.717, 1.165) is 19.3 Å². The normalized spacial score (nSPS) is 18.8. The number of amides is 1. The second-order valence-corrected chi connectivity index (χ2v) is 6.53. The van der Waals surface area contributed by atoms with Gasteiger partial charge in [0, 0.05) is 11.6 Å². The summed E-state index contributed by atoms with van der Waals surface area (Å²) < 4.78 is 22.9. The number of benzene rings is 1. The van der Waals surface area contributed by atoms with Crippen molar-refractivity contribution < 1.29 is 13.2 Å². The first kappa shape index (κ1) is 14.7. The summed E-state index contributed by atoms with van der Waals surface area (Å²) in [5.41, 5.74) is 1.02. The van der Waals surface area contributed by atoms with Crippen molar-refractivity contribution >= 4 is 21.6 Å². The molecule has 0 aromatic heterocycles. The molecule has 0 bridgehead atoms. The van der Waals surface area contributed by atoms with Gasteiger partial charge in [-0.15, -0.1) is 0 Å². The maximum Gasteiger partial charge on any atom is 0.238 e. The van der Waals surface area contributed by atoms with Crippen molar-refractivity contribution in [3.63, 3.8) is 0 Å². The van der Waals surface area contributed by atoms with Crippen molar-refractivity contribution in [1.29, 1.82) is 0 Å². The summed E-state index contributed by atoms with van der Waals surface area (Å²) in [6, 6.07) is 4.72. The van der Waals surface area contributed by atoms with Crippen LogP contribution in [0.15, 0.2) is 35.2 Å². The number of carbonyl (C=O) groups excluding carboxylic acids is 1. The molecule has 1 aromatic carbocycles. The van der Waals surface area contributed by atoms with E-state index in [1.807, 2.05) is 6.08 Å². The van der Waals surface area contributed by atoms with Crippen LogP contribution in [0.25, 0.3) is 0 Å². The second-order valence-electron chi connectivity index (χ2n) is 5.00. The third kappa shape index (κ3) is 3.46. The number of sulfonamides is 1. The molecular formula is C14H18N2O3S. The Labute approximate surface area is 118 Å². The molecule has 0 spiro atoms. The SMILES string of the molecule is Cc1ccc(NC(=O)[C@@H]2CC=CCC2)cc1S(N)(=O)=O. The number of carbonyl (C=O) groups is 1. The summed E-state index contributed by atoms with van der Waals surface area (Å²) in [4.78, 5) is 12.1. The highest BCUT2D eigenvalue weighted by atomic mass is 32.2. The van der Waals surface area contributed by atoms with Gasteiger partial charge in [-0.3, -0.25) is 4.79 Å². The van der Waals surface area contributed by atoms with Gasteiger partial charge in [-0.1, -0.05) is 18.2 Å². The van der Waals surface area contributed by atoms with E-state index in [0.29, 0.717) is 11.3 Å². The highest BCUT2D eigenvalue weighted by Gasteiger charge is 2.19. The smallest absolute Gasteiger partial charge is 0.238 e. The summed E-state index contributed by atoms with van der Waals surface area (Å²) in [5.74, 6) is -0.141. The van der Waals surface area contributed by atoms with Crippen LogP contribution in [0.2, 0.25) is 0 Å². The minimum atomic E-state index is -3.78. The average molecular weight is 294 g/mol. The first-order chi connectivity index (χ1) is 9.38. The number of rotatable bonds is 3. The van der Waals surface area contributed by atoms with E-state index in [9.17, 15) is 13.2 Å². The van der Waals surface area contributed by atoms with Gasteiger partial charge in [0.1, 0.15) is 0 Å². The van der Waals surface area contributed by atoms with Crippen molar-refractivity contribution in [3.8, 4) is 0 Å². The monoisotopic (exact) mass is 294 g/mol. The molecule has 0 heterocycles. The fourth-order valence-electron chi connectivity index (χ4n) is 2.26. The van der Waals surface area contributed by atoms with Crippen molar-refractivity contribution in [3.05, 3.63) is 35.9 Å². The zero-order chi connectivity index (χ0) is 14.8. The van der Waals surface area contributed by atoms with Gasteiger partial charge in [-0.05, 0) is 43.9 Å². The molecule has 1 aliphatic carbocycles. The van der Waals surface area contributed by atoms with E-state index >= 15 is 0 Å². The minimum Gasteiger partial charge on any atom is -0.326 e. The molecule has 0 fully saturated rings. The Morgan fingerprint density at radius 3 is 2.70 bits per heavy atom. The maximum atomic E-state index is 12.1. The highest BCUT2D eigenvalue weighted by Crippen LogP contribution is 2.22. The topological polar surface area (TPSA) is 89.3 Å². The van der Waals surface area contributed by atoms with Gasteiger partial charge in [-0.2, -0.15) is 0 Å². The molecule has 3 N–H and O–H groups in total. The Bertz CT molecular complexity index is 650. The molecule has 0 saturated heterocycles. The molecule has 1 atom stereocenters. The number of hydrogen-bond acceptors (Lipinski definition) is 3. The molecule has 6 heteroatoms. The summed E-state index contributed by atoms with van der Waals surface area (Å²) in [5, 5.41) is 7.91. The van der Waals surface area contributed by atoms with Crippen molar-refractivity contribution in [2.75, 3.05) is 5.32 Å². The van der Waals surface area contributed by atoms with Gasteiger partial charge >= 0.3 is 0 Å². The molecule has 1 amide bonds. The quantitative estimate of drug-likeness (QED) is 0.835. The lowest BCUT2D eigenvalue weighted by Crippen LogP contribution is -2.23. The zero-order valence-corrected chi connectivity index (χ0v) is 12.1. The van der Waals surface area contributed by atoms with E-state index in [2.05, 4.69) is 11.4 Å². The first-order valence-electron chi connectivity index (χ1n) is 6.47. The third-order valence-electron chi connectivity index (χ3n) is 3.40. The molecule has 1 aromatic rings. The average Bonchev–Trinajstić information content (AvgIpc) is 2.40. The van der Waals surface area contributed by atoms with Crippen molar-refractivity contribution in [2.45, 2.75) is 31.1 Å². The Balaban J connectivity index is 2.18. The lowest BCUT2D eigenvalue weighted by atomic mass is 9.93. The Hall–Kier alpha value is -1.66. The van der Waals surface area contributed by atoms with Crippen LogP contribution in [0, 0.1) is 12.8 Å². The fourth-order valence-corrected chi connectivity index (χ4v) is 3.07. The van der Waals surface area contributed by atoms with Crippen LogP contribution in [-0.4, -0.2) is 14.3 Å². The van der Waals surface area contributed by atoms with E-state index in [4.69, 9.17) is 5.14 Å². The number of nitrogens with one attached hydrogen (secondary N) is 1. The molecule has 20 heavy (non-hydrogen) atoms. The predicted octanol–water partition coefficient (Wildman–Crippen LogP) is 1.94. The number of aryl methyl sites for hydroxylation is 1. The van der Waals surface area contributed by atoms with Gasteiger partial charge in [0.05, 0.1) is 4.90 Å². The maximum absolute atomic E-state index is 12.1. The third-order valence-corrected chi connectivity index (χ3v) is 4.45. The largest absolute Gasteiger partial charge is 0.326 e.